The van der Waals surface area contributed by atoms with Gasteiger partial charge in [0.05, 0.1) is 5.56 Å². The van der Waals surface area contributed by atoms with Gasteiger partial charge in [0.2, 0.25) is 0 Å². The number of carbonyl (C=O) groups excluding carboxylic acids is 1. The van der Waals surface area contributed by atoms with Crippen LogP contribution in [0.25, 0.3) is 0 Å². The van der Waals surface area contributed by atoms with E-state index in [9.17, 15) is 18.7 Å². The van der Waals surface area contributed by atoms with E-state index in [1.165, 1.54) is 19.1 Å². The third-order valence-corrected chi connectivity index (χ3v) is 6.23. The van der Waals surface area contributed by atoms with Gasteiger partial charge in [-0.2, -0.15) is 0 Å². The molecular weight excluding hydrogens is 364 g/mol. The molecule has 156 valence electrons. The summed E-state index contributed by atoms with van der Waals surface area (Å²) in [6.45, 7) is 6.73. The second kappa shape index (κ2) is 9.29. The number of hydrogen-bond donors (Lipinski definition) is 1. The van der Waals surface area contributed by atoms with Crippen LogP contribution in [-0.2, 0) is 0 Å². The van der Waals surface area contributed by atoms with E-state index in [1.807, 2.05) is 0 Å². The third kappa shape index (κ3) is 4.53. The molecule has 0 aliphatic carbocycles. The SMILES string of the molecule is Cc1ccc(C(=O)N2CC[C@H](N3CCN(C)CC3)[C@H](CCCO)C2)c(F)c1F. The van der Waals surface area contributed by atoms with Crippen LogP contribution in [-0.4, -0.2) is 84.7 Å². The predicted molar refractivity (Wildman–Crippen MR) is 104 cm³/mol. The van der Waals surface area contributed by atoms with Gasteiger partial charge in [-0.3, -0.25) is 9.69 Å². The molecule has 5 nitrogen and oxygen atoms in total. The monoisotopic (exact) mass is 395 g/mol. The summed E-state index contributed by atoms with van der Waals surface area (Å²) >= 11 is 0. The van der Waals surface area contributed by atoms with Crippen LogP contribution in [0.5, 0.6) is 0 Å². The Morgan fingerprint density at radius 2 is 1.86 bits per heavy atom. The first-order chi connectivity index (χ1) is 13.4. The molecule has 2 fully saturated rings. The van der Waals surface area contributed by atoms with E-state index in [0.29, 0.717) is 25.6 Å². The minimum absolute atomic E-state index is 0.123. The number of halogens is 2. The Labute approximate surface area is 165 Å². The molecule has 0 radical (unpaired) electrons. The lowest BCUT2D eigenvalue weighted by Crippen LogP contribution is -2.57. The van der Waals surface area contributed by atoms with Gasteiger partial charge < -0.3 is 14.9 Å². The van der Waals surface area contributed by atoms with Crippen LogP contribution in [0.4, 0.5) is 8.78 Å². The van der Waals surface area contributed by atoms with Crippen molar-refractivity contribution in [2.45, 2.75) is 32.2 Å². The Morgan fingerprint density at radius 1 is 1.14 bits per heavy atom. The number of benzene rings is 1. The van der Waals surface area contributed by atoms with Crippen LogP contribution in [0, 0.1) is 24.5 Å². The van der Waals surface area contributed by atoms with Crippen molar-refractivity contribution in [1.29, 1.82) is 0 Å². The van der Waals surface area contributed by atoms with Crippen molar-refractivity contribution < 1.29 is 18.7 Å². The second-order valence-corrected chi connectivity index (χ2v) is 8.13. The predicted octanol–water partition coefficient (Wildman–Crippen LogP) is 2.12. The Kier molecular flexibility index (Phi) is 7.01. The first-order valence-electron chi connectivity index (χ1n) is 10.2. The summed E-state index contributed by atoms with van der Waals surface area (Å²) in [6, 6.07) is 3.20. The quantitative estimate of drug-likeness (QED) is 0.830. The minimum atomic E-state index is -1.06. The minimum Gasteiger partial charge on any atom is -0.396 e. The van der Waals surface area contributed by atoms with Crippen LogP contribution in [0.3, 0.4) is 0 Å². The summed E-state index contributed by atoms with van der Waals surface area (Å²) in [5, 5.41) is 9.28. The lowest BCUT2D eigenvalue weighted by molar-refractivity contribution is 0.0215. The van der Waals surface area contributed by atoms with Crippen LogP contribution in [0.15, 0.2) is 12.1 Å². The molecule has 0 saturated carbocycles. The fourth-order valence-electron chi connectivity index (χ4n) is 4.46. The summed E-state index contributed by atoms with van der Waals surface area (Å²) in [6.07, 6.45) is 2.33. The van der Waals surface area contributed by atoms with Crippen LogP contribution in [0.2, 0.25) is 0 Å². The summed E-state index contributed by atoms with van der Waals surface area (Å²) < 4.78 is 28.2. The first kappa shape index (κ1) is 21.1. The molecular formula is C21H31F2N3O2. The van der Waals surface area contributed by atoms with Crippen LogP contribution in [0.1, 0.15) is 35.2 Å². The van der Waals surface area contributed by atoms with Gasteiger partial charge in [-0.15, -0.1) is 0 Å². The average Bonchev–Trinajstić information content (AvgIpc) is 2.70. The molecule has 0 spiro atoms. The second-order valence-electron chi connectivity index (χ2n) is 8.13. The van der Waals surface area contributed by atoms with Gasteiger partial charge >= 0.3 is 0 Å². The summed E-state index contributed by atoms with van der Waals surface area (Å²) in [4.78, 5) is 19.3. The topological polar surface area (TPSA) is 47.0 Å². The highest BCUT2D eigenvalue weighted by molar-refractivity contribution is 5.94. The van der Waals surface area contributed by atoms with Crippen molar-refractivity contribution in [2.24, 2.45) is 5.92 Å². The van der Waals surface area contributed by atoms with Gasteiger partial charge in [-0.05, 0) is 50.8 Å². The van der Waals surface area contributed by atoms with Gasteiger partial charge in [0.15, 0.2) is 11.6 Å². The zero-order valence-electron chi connectivity index (χ0n) is 16.8. The highest BCUT2D eigenvalue weighted by atomic mass is 19.2. The van der Waals surface area contributed by atoms with Crippen molar-refractivity contribution in [3.05, 3.63) is 34.9 Å². The zero-order valence-corrected chi connectivity index (χ0v) is 16.8. The molecule has 3 rings (SSSR count). The number of piperidine rings is 1. The Morgan fingerprint density at radius 3 is 2.54 bits per heavy atom. The molecule has 2 aliphatic heterocycles. The number of aryl methyl sites for hydroxylation is 1. The van der Waals surface area contributed by atoms with Crippen molar-refractivity contribution in [3.63, 3.8) is 0 Å². The largest absolute Gasteiger partial charge is 0.396 e. The van der Waals surface area contributed by atoms with Crippen LogP contribution >= 0.6 is 0 Å². The van der Waals surface area contributed by atoms with E-state index in [2.05, 4.69) is 16.8 Å². The van der Waals surface area contributed by atoms with Gasteiger partial charge in [-0.1, -0.05) is 6.07 Å². The maximum absolute atomic E-state index is 14.3. The molecule has 1 aromatic rings. The molecule has 7 heteroatoms. The van der Waals surface area contributed by atoms with E-state index < -0.39 is 17.5 Å². The number of nitrogens with zero attached hydrogens (tertiary/aromatic N) is 3. The van der Waals surface area contributed by atoms with E-state index >= 15 is 0 Å². The lowest BCUT2D eigenvalue weighted by Gasteiger charge is -2.46. The number of hydrogen-bond acceptors (Lipinski definition) is 4. The molecule has 2 atom stereocenters. The fraction of sp³-hybridized carbons (Fsp3) is 0.667. The molecule has 1 aromatic carbocycles. The molecule has 2 aliphatic rings. The number of aliphatic hydroxyl groups is 1. The zero-order chi connectivity index (χ0) is 20.3. The molecule has 0 aromatic heterocycles. The van der Waals surface area contributed by atoms with E-state index in [-0.39, 0.29) is 23.7 Å². The lowest BCUT2D eigenvalue weighted by atomic mass is 9.86. The Hall–Kier alpha value is -1.57. The smallest absolute Gasteiger partial charge is 0.256 e. The van der Waals surface area contributed by atoms with E-state index in [1.54, 1.807) is 4.90 Å². The number of carbonyl (C=O) groups is 1. The summed E-state index contributed by atoms with van der Waals surface area (Å²) in [5.74, 6) is -2.22. The van der Waals surface area contributed by atoms with Gasteiger partial charge in [-0.25, -0.2) is 8.78 Å². The van der Waals surface area contributed by atoms with Gasteiger partial charge in [0, 0.05) is 51.9 Å². The third-order valence-electron chi connectivity index (χ3n) is 6.23. The number of aliphatic hydroxyl groups excluding tert-OH is 1. The Bertz CT molecular complexity index is 692. The normalized spacial score (nSPS) is 24.5. The standard InChI is InChI=1S/C21H31F2N3O2/c1-15-5-6-17(20(23)19(15)22)21(28)26-8-7-18(16(14-26)4-3-13-27)25-11-9-24(2)10-12-25/h5-6,16,18,27H,3-4,7-14H2,1-2H3/t16-,18+/m1/s1. The molecule has 1 amide bonds. The highest BCUT2D eigenvalue weighted by Gasteiger charge is 2.36. The summed E-state index contributed by atoms with van der Waals surface area (Å²) in [7, 11) is 2.12. The molecule has 0 unspecified atom stereocenters. The summed E-state index contributed by atoms with van der Waals surface area (Å²) in [5.41, 5.74) is 0.00528. The van der Waals surface area contributed by atoms with Crippen molar-refractivity contribution >= 4 is 5.91 Å². The maximum atomic E-state index is 14.3. The molecule has 28 heavy (non-hydrogen) atoms. The van der Waals surface area contributed by atoms with Crippen molar-refractivity contribution in [2.75, 3.05) is 52.9 Å². The molecule has 2 saturated heterocycles. The fourth-order valence-corrected chi connectivity index (χ4v) is 4.46. The number of likely N-dealkylation sites (tertiary alicyclic amines) is 1. The first-order valence-corrected chi connectivity index (χ1v) is 10.2. The number of rotatable bonds is 5. The van der Waals surface area contributed by atoms with Crippen molar-refractivity contribution in [1.82, 2.24) is 14.7 Å². The maximum Gasteiger partial charge on any atom is 0.256 e. The van der Waals surface area contributed by atoms with Gasteiger partial charge in [0.1, 0.15) is 0 Å². The number of piperazine rings is 1. The highest BCUT2D eigenvalue weighted by Crippen LogP contribution is 2.28. The number of amides is 1. The molecule has 1 N–H and O–H groups in total. The molecule has 2 heterocycles. The van der Waals surface area contributed by atoms with Crippen LogP contribution < -0.4 is 0 Å². The van der Waals surface area contributed by atoms with Crippen molar-refractivity contribution in [3.8, 4) is 0 Å². The number of likely N-dealkylation sites (N-methyl/N-ethyl adjacent to an activating group) is 1. The van der Waals surface area contributed by atoms with Gasteiger partial charge in [0.25, 0.3) is 5.91 Å². The molecule has 0 bridgehead atoms. The average molecular weight is 395 g/mol. The Balaban J connectivity index is 1.73. The van der Waals surface area contributed by atoms with E-state index in [4.69, 9.17) is 0 Å². The van der Waals surface area contributed by atoms with E-state index in [0.717, 1.165) is 39.0 Å².